The summed E-state index contributed by atoms with van der Waals surface area (Å²) >= 11 is 0. The van der Waals surface area contributed by atoms with E-state index in [9.17, 15) is 5.11 Å². The molecular weight excluding hydrogens is 212 g/mol. The normalized spacial score (nSPS) is 10.9. The van der Waals surface area contributed by atoms with Gasteiger partial charge in [0.25, 0.3) is 0 Å². The second-order valence-corrected chi connectivity index (χ2v) is 3.36. The maximum absolute atomic E-state index is 9.82. The zero-order valence-corrected chi connectivity index (χ0v) is 8.73. The molecule has 0 atom stereocenters. The Morgan fingerprint density at radius 1 is 1.25 bits per heavy atom. The van der Waals surface area contributed by atoms with Crippen LogP contribution in [0.2, 0.25) is 0 Å². The largest absolute Gasteiger partial charge is 0.507 e. The Morgan fingerprint density at radius 2 is 2.00 bits per heavy atom. The van der Waals surface area contributed by atoms with Crippen molar-refractivity contribution in [2.75, 3.05) is 7.11 Å². The fourth-order valence-corrected chi connectivity index (χ4v) is 1.62. The molecule has 0 aliphatic carbocycles. The fourth-order valence-electron chi connectivity index (χ4n) is 1.62. The minimum atomic E-state index is -0.294. The second kappa shape index (κ2) is 4.03. The Hall–Kier alpha value is -1.72. The van der Waals surface area contributed by atoms with E-state index < -0.39 is 0 Å². The van der Waals surface area contributed by atoms with Gasteiger partial charge in [-0.25, -0.2) is 0 Å². The van der Waals surface area contributed by atoms with E-state index in [1.807, 2.05) is 0 Å². The highest BCUT2D eigenvalue weighted by Crippen LogP contribution is 2.38. The number of aliphatic hydroxyl groups excluding tert-OH is 2. The Kier molecular flexibility index (Phi) is 2.72. The topological polar surface area (TPSA) is 83.1 Å². The van der Waals surface area contributed by atoms with Gasteiger partial charge in [-0.05, 0) is 12.1 Å². The molecule has 2 rings (SSSR count). The van der Waals surface area contributed by atoms with E-state index >= 15 is 0 Å². The molecule has 1 aromatic heterocycles. The lowest BCUT2D eigenvalue weighted by Crippen LogP contribution is -1.89. The lowest BCUT2D eigenvalue weighted by molar-refractivity contribution is 0.250. The predicted molar refractivity (Wildman–Crippen MR) is 56.3 cm³/mol. The van der Waals surface area contributed by atoms with Crippen LogP contribution in [0.15, 0.2) is 16.5 Å². The molecule has 0 bridgehead atoms. The Balaban J connectivity index is 2.77. The van der Waals surface area contributed by atoms with Crippen LogP contribution in [0.4, 0.5) is 0 Å². The van der Waals surface area contributed by atoms with Crippen molar-refractivity contribution in [2.45, 2.75) is 13.2 Å². The quantitative estimate of drug-likeness (QED) is 0.728. The molecule has 5 heteroatoms. The SMILES string of the molecule is COc1cc(CO)c(O)c2cc(CO)oc12. The first-order valence-corrected chi connectivity index (χ1v) is 4.74. The molecule has 86 valence electrons. The van der Waals surface area contributed by atoms with Gasteiger partial charge in [0.1, 0.15) is 18.1 Å². The number of hydrogen-bond donors (Lipinski definition) is 3. The number of phenols is 1. The number of furan rings is 1. The number of aromatic hydroxyl groups is 1. The standard InChI is InChI=1S/C11H12O5/c1-15-9-2-6(4-12)10(14)8-3-7(5-13)16-11(8)9/h2-3,12-14H,4-5H2,1H3. The summed E-state index contributed by atoms with van der Waals surface area (Å²) in [5, 5.41) is 28.3. The molecule has 2 aromatic rings. The monoisotopic (exact) mass is 224 g/mol. The number of aliphatic hydroxyl groups is 2. The van der Waals surface area contributed by atoms with Gasteiger partial charge in [0.2, 0.25) is 0 Å². The zero-order chi connectivity index (χ0) is 11.7. The van der Waals surface area contributed by atoms with Gasteiger partial charge in [-0.3, -0.25) is 0 Å². The highest BCUT2D eigenvalue weighted by atomic mass is 16.5. The van der Waals surface area contributed by atoms with Crippen LogP contribution in [0.3, 0.4) is 0 Å². The Morgan fingerprint density at radius 3 is 2.56 bits per heavy atom. The number of ether oxygens (including phenoxy) is 1. The molecule has 5 nitrogen and oxygen atoms in total. The number of rotatable bonds is 3. The highest BCUT2D eigenvalue weighted by molar-refractivity contribution is 5.90. The third kappa shape index (κ3) is 1.50. The second-order valence-electron chi connectivity index (χ2n) is 3.36. The van der Waals surface area contributed by atoms with E-state index in [0.717, 1.165) is 0 Å². The molecule has 0 unspecified atom stereocenters. The number of hydrogen-bond acceptors (Lipinski definition) is 5. The van der Waals surface area contributed by atoms with Crippen LogP contribution >= 0.6 is 0 Å². The van der Waals surface area contributed by atoms with Crippen LogP contribution in [0.5, 0.6) is 11.5 Å². The van der Waals surface area contributed by atoms with Crippen LogP contribution in [-0.4, -0.2) is 22.4 Å². The average Bonchev–Trinajstić information content (AvgIpc) is 2.74. The van der Waals surface area contributed by atoms with E-state index in [0.29, 0.717) is 28.0 Å². The van der Waals surface area contributed by atoms with Crippen LogP contribution < -0.4 is 4.74 Å². The molecule has 0 saturated heterocycles. The van der Waals surface area contributed by atoms with Gasteiger partial charge in [0.05, 0.1) is 19.1 Å². The molecule has 0 fully saturated rings. The lowest BCUT2D eigenvalue weighted by atomic mass is 10.1. The summed E-state index contributed by atoms with van der Waals surface area (Å²) < 4.78 is 10.4. The molecule has 1 heterocycles. The molecule has 0 spiro atoms. The highest BCUT2D eigenvalue weighted by Gasteiger charge is 2.16. The summed E-state index contributed by atoms with van der Waals surface area (Å²) in [6, 6.07) is 3.02. The van der Waals surface area contributed by atoms with Gasteiger partial charge in [0, 0.05) is 5.56 Å². The van der Waals surface area contributed by atoms with E-state index in [1.54, 1.807) is 0 Å². The first-order valence-electron chi connectivity index (χ1n) is 4.74. The summed E-state index contributed by atoms with van der Waals surface area (Å²) in [6.07, 6.45) is 0. The van der Waals surface area contributed by atoms with Crippen LogP contribution in [-0.2, 0) is 13.2 Å². The fraction of sp³-hybridized carbons (Fsp3) is 0.273. The Labute approximate surface area is 91.5 Å². The van der Waals surface area contributed by atoms with Crippen molar-refractivity contribution in [3.8, 4) is 11.5 Å². The summed E-state index contributed by atoms with van der Waals surface area (Å²) in [6.45, 7) is -0.552. The summed E-state index contributed by atoms with van der Waals surface area (Å²) in [5.74, 6) is 0.692. The first-order chi connectivity index (χ1) is 7.71. The van der Waals surface area contributed by atoms with E-state index in [-0.39, 0.29) is 19.0 Å². The van der Waals surface area contributed by atoms with Crippen molar-refractivity contribution in [3.63, 3.8) is 0 Å². The Bertz CT molecular complexity index is 515. The minimum absolute atomic E-state index is 0.0539. The van der Waals surface area contributed by atoms with Crippen LogP contribution in [0.25, 0.3) is 11.0 Å². The molecular formula is C11H12O5. The molecule has 0 aliphatic heterocycles. The third-order valence-electron chi connectivity index (χ3n) is 2.42. The smallest absolute Gasteiger partial charge is 0.179 e. The zero-order valence-electron chi connectivity index (χ0n) is 8.73. The van der Waals surface area contributed by atoms with Crippen LogP contribution in [0, 0.1) is 0 Å². The molecule has 0 amide bonds. The van der Waals surface area contributed by atoms with Crippen molar-refractivity contribution in [1.29, 1.82) is 0 Å². The van der Waals surface area contributed by atoms with Gasteiger partial charge in [0.15, 0.2) is 11.3 Å². The van der Waals surface area contributed by atoms with Gasteiger partial charge >= 0.3 is 0 Å². The van der Waals surface area contributed by atoms with Crippen molar-refractivity contribution in [1.82, 2.24) is 0 Å². The van der Waals surface area contributed by atoms with E-state index in [1.165, 1.54) is 19.2 Å². The molecule has 3 N–H and O–H groups in total. The van der Waals surface area contributed by atoms with Crippen molar-refractivity contribution in [2.24, 2.45) is 0 Å². The van der Waals surface area contributed by atoms with Crippen molar-refractivity contribution >= 4 is 11.0 Å². The van der Waals surface area contributed by atoms with Gasteiger partial charge in [-0.2, -0.15) is 0 Å². The molecule has 1 aromatic carbocycles. The number of methoxy groups -OCH3 is 1. The molecule has 0 aliphatic rings. The minimum Gasteiger partial charge on any atom is -0.507 e. The van der Waals surface area contributed by atoms with E-state index in [2.05, 4.69) is 0 Å². The summed E-state index contributed by atoms with van der Waals surface area (Å²) in [7, 11) is 1.47. The van der Waals surface area contributed by atoms with Crippen molar-refractivity contribution in [3.05, 3.63) is 23.5 Å². The molecule has 0 radical (unpaired) electrons. The van der Waals surface area contributed by atoms with Crippen molar-refractivity contribution < 1.29 is 24.5 Å². The number of fused-ring (bicyclic) bond motifs is 1. The maximum Gasteiger partial charge on any atom is 0.179 e. The van der Waals surface area contributed by atoms with Crippen LogP contribution in [0.1, 0.15) is 11.3 Å². The molecule has 16 heavy (non-hydrogen) atoms. The third-order valence-corrected chi connectivity index (χ3v) is 2.42. The summed E-state index contributed by atoms with van der Waals surface area (Å²) in [4.78, 5) is 0. The molecule has 0 saturated carbocycles. The van der Waals surface area contributed by atoms with E-state index in [4.69, 9.17) is 19.4 Å². The first kappa shape index (κ1) is 10.8. The van der Waals surface area contributed by atoms with Gasteiger partial charge in [-0.15, -0.1) is 0 Å². The summed E-state index contributed by atoms with van der Waals surface area (Å²) in [5.41, 5.74) is 0.718. The van der Waals surface area contributed by atoms with Gasteiger partial charge in [-0.1, -0.05) is 0 Å². The lowest BCUT2D eigenvalue weighted by Gasteiger charge is -2.06. The average molecular weight is 224 g/mol. The maximum atomic E-state index is 9.82. The predicted octanol–water partition coefficient (Wildman–Crippen LogP) is 1.13. The number of benzene rings is 1. The van der Waals surface area contributed by atoms with Gasteiger partial charge < -0.3 is 24.5 Å².